The quantitative estimate of drug-likeness (QED) is 0.554. The molecule has 10 heteroatoms. The molecule has 0 aliphatic heterocycles. The van der Waals surface area contributed by atoms with Crippen molar-refractivity contribution in [3.63, 3.8) is 0 Å². The first-order valence-electron chi connectivity index (χ1n) is 6.77. The van der Waals surface area contributed by atoms with E-state index >= 15 is 0 Å². The number of halogens is 6. The van der Waals surface area contributed by atoms with Gasteiger partial charge in [-0.2, -0.15) is 26.3 Å². The van der Waals surface area contributed by atoms with Gasteiger partial charge in [-0.05, 0) is 34.6 Å². The van der Waals surface area contributed by atoms with Crippen LogP contribution in [0.3, 0.4) is 0 Å². The summed E-state index contributed by atoms with van der Waals surface area (Å²) >= 11 is 0. The fourth-order valence-electron chi connectivity index (χ4n) is 1.20. The molecule has 0 unspecified atom stereocenters. The third-order valence-electron chi connectivity index (χ3n) is 1.94. The Hall–Kier alpha value is -0.580. The summed E-state index contributed by atoms with van der Waals surface area (Å²) in [5.41, 5.74) is -1.31. The minimum absolute atomic E-state index is 0.561. The molecule has 0 heterocycles. The first-order chi connectivity index (χ1) is 10.0. The van der Waals surface area contributed by atoms with E-state index in [1.165, 1.54) is 34.6 Å². The van der Waals surface area contributed by atoms with Gasteiger partial charge in [0.25, 0.3) is 0 Å². The molecule has 0 atom stereocenters. The minimum atomic E-state index is -4.34. The molecule has 0 aromatic heterocycles. The second kappa shape index (κ2) is 8.00. The summed E-state index contributed by atoms with van der Waals surface area (Å²) in [6.07, 6.45) is -12.9. The summed E-state index contributed by atoms with van der Waals surface area (Å²) in [4.78, 5) is 0. The zero-order valence-electron chi connectivity index (χ0n) is 13.6. The van der Waals surface area contributed by atoms with Gasteiger partial charge in [-0.3, -0.25) is 0 Å². The second-order valence-electron chi connectivity index (χ2n) is 6.06. The van der Waals surface area contributed by atoms with E-state index in [4.69, 9.17) is 0 Å². The molecule has 0 aliphatic rings. The fraction of sp³-hybridized carbons (Fsp3) is 1.00. The van der Waals surface area contributed by atoms with Crippen molar-refractivity contribution in [3.05, 3.63) is 0 Å². The number of alkyl halides is 6. The van der Waals surface area contributed by atoms with Crippen LogP contribution in [-0.2, 0) is 18.9 Å². The van der Waals surface area contributed by atoms with E-state index in [9.17, 15) is 26.3 Å². The lowest BCUT2D eigenvalue weighted by atomic mass is 10.2. The van der Waals surface area contributed by atoms with E-state index in [1.54, 1.807) is 0 Å². The van der Waals surface area contributed by atoms with Crippen molar-refractivity contribution < 1.29 is 45.3 Å². The number of hydrogen-bond donors (Lipinski definition) is 0. The van der Waals surface area contributed by atoms with Gasteiger partial charge in [0.1, 0.15) is 19.8 Å². The number of hydrogen-bond acceptors (Lipinski definition) is 4. The van der Waals surface area contributed by atoms with Gasteiger partial charge in [0.05, 0.1) is 11.7 Å². The Balaban J connectivity index is 4.38. The van der Waals surface area contributed by atoms with Crippen LogP contribution >= 0.6 is 0 Å². The van der Waals surface area contributed by atoms with Crippen molar-refractivity contribution in [1.29, 1.82) is 0 Å². The van der Waals surface area contributed by atoms with Gasteiger partial charge >= 0.3 is 18.3 Å². The molecule has 0 amide bonds. The Bertz CT molecular complexity index is 355. The lowest BCUT2D eigenvalue weighted by Gasteiger charge is -2.28. The van der Waals surface area contributed by atoms with Gasteiger partial charge in [0.2, 0.25) is 0 Å². The molecule has 0 fully saturated rings. The molecule has 23 heavy (non-hydrogen) atoms. The van der Waals surface area contributed by atoms with Gasteiger partial charge in [0.15, 0.2) is 0 Å². The van der Waals surface area contributed by atoms with Crippen molar-refractivity contribution in [2.45, 2.75) is 64.6 Å². The predicted octanol–water partition coefficient (Wildman–Crippen LogP) is 4.04. The third kappa shape index (κ3) is 12.5. The second-order valence-corrected chi connectivity index (χ2v) is 6.06. The Morgan fingerprint density at radius 1 is 0.696 bits per heavy atom. The van der Waals surface area contributed by atoms with E-state index in [0.717, 1.165) is 0 Å². The molecule has 4 nitrogen and oxygen atoms in total. The average molecular weight is 356 g/mol. The molecular weight excluding hydrogens is 334 g/mol. The molecule has 0 spiro atoms. The summed E-state index contributed by atoms with van der Waals surface area (Å²) in [6, 6.07) is 0. The Morgan fingerprint density at radius 2 is 1.09 bits per heavy atom. The number of ether oxygens (including phenoxy) is 4. The molecule has 0 aromatic rings. The topological polar surface area (TPSA) is 36.9 Å². The maximum Gasteiger partial charge on any atom is 0.379 e. The van der Waals surface area contributed by atoms with E-state index in [-0.39, 0.29) is 0 Å². The van der Waals surface area contributed by atoms with E-state index in [0.29, 0.717) is 0 Å². The Morgan fingerprint density at radius 3 is 1.48 bits per heavy atom. The molecule has 0 saturated heterocycles. The molecule has 0 rings (SSSR count). The zero-order valence-corrected chi connectivity index (χ0v) is 13.6. The van der Waals surface area contributed by atoms with Crippen molar-refractivity contribution >= 4 is 0 Å². The van der Waals surface area contributed by atoms with Crippen molar-refractivity contribution in [3.8, 4) is 0 Å². The monoisotopic (exact) mass is 356 g/mol. The van der Waals surface area contributed by atoms with Crippen LogP contribution in [0.1, 0.15) is 34.6 Å². The maximum absolute atomic E-state index is 13.2. The van der Waals surface area contributed by atoms with Crippen LogP contribution in [0.15, 0.2) is 0 Å². The summed E-state index contributed by atoms with van der Waals surface area (Å²) in [5.74, 6) is 0. The number of rotatable bonds is 10. The molecule has 140 valence electrons. The highest BCUT2D eigenvalue weighted by Gasteiger charge is 2.43. The Kier molecular flexibility index (Phi) is 7.80. The maximum atomic E-state index is 13.2. The van der Waals surface area contributed by atoms with Gasteiger partial charge in [-0.1, -0.05) is 0 Å². The van der Waals surface area contributed by atoms with Gasteiger partial charge in [-0.15, -0.1) is 0 Å². The van der Waals surface area contributed by atoms with Crippen LogP contribution in [-0.4, -0.2) is 49.9 Å². The highest BCUT2D eigenvalue weighted by atomic mass is 19.3. The van der Waals surface area contributed by atoms with Gasteiger partial charge in [-0.25, -0.2) is 0 Å². The summed E-state index contributed by atoms with van der Waals surface area (Å²) < 4.78 is 95.2. The molecule has 0 aliphatic carbocycles. The molecule has 0 aromatic carbocycles. The van der Waals surface area contributed by atoms with E-state index < -0.39 is 49.9 Å². The molecular formula is C13H22F6O4. The van der Waals surface area contributed by atoms with Crippen LogP contribution in [0.25, 0.3) is 0 Å². The lowest BCUT2D eigenvalue weighted by molar-refractivity contribution is -0.369. The van der Waals surface area contributed by atoms with Crippen LogP contribution in [0.5, 0.6) is 0 Å². The standard InChI is InChI=1S/C13H22F6O4/c1-9(2)20-6-11(14,15)21-7-12(16,17)22-8-13(18,19)23-10(3,4)5/h9H,6-8H2,1-5H3. The highest BCUT2D eigenvalue weighted by molar-refractivity contribution is 4.65. The van der Waals surface area contributed by atoms with Crippen molar-refractivity contribution in [2.75, 3.05) is 19.8 Å². The SMILES string of the molecule is CC(C)OCC(F)(F)OCC(F)(F)OCC(F)(F)OC(C)(C)C. The normalized spacial score (nSPS) is 14.6. The van der Waals surface area contributed by atoms with Crippen molar-refractivity contribution in [2.24, 2.45) is 0 Å². The smallest absolute Gasteiger partial charge is 0.370 e. The highest BCUT2D eigenvalue weighted by Crippen LogP contribution is 2.28. The van der Waals surface area contributed by atoms with E-state index in [1.807, 2.05) is 0 Å². The Labute approximate surface area is 131 Å². The van der Waals surface area contributed by atoms with E-state index in [2.05, 4.69) is 18.9 Å². The first kappa shape index (κ1) is 22.4. The summed E-state index contributed by atoms with van der Waals surface area (Å²) in [5, 5.41) is 0. The predicted molar refractivity (Wildman–Crippen MR) is 68.7 cm³/mol. The van der Waals surface area contributed by atoms with Gasteiger partial charge < -0.3 is 18.9 Å². The van der Waals surface area contributed by atoms with Crippen LogP contribution < -0.4 is 0 Å². The first-order valence-corrected chi connectivity index (χ1v) is 6.77. The van der Waals surface area contributed by atoms with Crippen molar-refractivity contribution in [1.82, 2.24) is 0 Å². The summed E-state index contributed by atoms with van der Waals surface area (Å²) in [7, 11) is 0. The fourth-order valence-corrected chi connectivity index (χ4v) is 1.20. The summed E-state index contributed by atoms with van der Waals surface area (Å²) in [6.45, 7) is 1.83. The molecule has 0 N–H and O–H groups in total. The van der Waals surface area contributed by atoms with Crippen LogP contribution in [0, 0.1) is 0 Å². The molecule has 0 radical (unpaired) electrons. The average Bonchev–Trinajstić information content (AvgIpc) is 2.30. The minimum Gasteiger partial charge on any atom is -0.370 e. The largest absolute Gasteiger partial charge is 0.379 e. The lowest BCUT2D eigenvalue weighted by Crippen LogP contribution is -2.41. The molecule has 0 bridgehead atoms. The van der Waals surface area contributed by atoms with Crippen LogP contribution in [0.2, 0.25) is 0 Å². The van der Waals surface area contributed by atoms with Gasteiger partial charge in [0, 0.05) is 0 Å². The third-order valence-corrected chi connectivity index (χ3v) is 1.94. The molecule has 0 saturated carbocycles. The zero-order chi connectivity index (χ0) is 18.5. The van der Waals surface area contributed by atoms with Crippen LogP contribution in [0.4, 0.5) is 26.3 Å².